The fourth-order valence-electron chi connectivity index (χ4n) is 1.86. The van der Waals surface area contributed by atoms with Gasteiger partial charge in [-0.15, -0.1) is 0 Å². The van der Waals surface area contributed by atoms with Crippen LogP contribution in [0.2, 0.25) is 0 Å². The van der Waals surface area contributed by atoms with E-state index in [0.29, 0.717) is 0 Å². The molecular formula is C14H12F3NO2S. The third kappa shape index (κ3) is 3.36. The zero-order chi connectivity index (χ0) is 15.7. The summed E-state index contributed by atoms with van der Waals surface area (Å²) in [6.45, 7) is 1.23. The number of benzene rings is 2. The molecule has 2 rings (SSSR count). The van der Waals surface area contributed by atoms with Crippen LogP contribution >= 0.6 is 0 Å². The Kier molecular flexibility index (Phi) is 3.95. The molecule has 0 heterocycles. The average molecular weight is 315 g/mol. The van der Waals surface area contributed by atoms with Gasteiger partial charge < -0.3 is 0 Å². The lowest BCUT2D eigenvalue weighted by molar-refractivity contribution is -0.138. The molecule has 0 radical (unpaired) electrons. The second kappa shape index (κ2) is 5.40. The number of hydrogen-bond acceptors (Lipinski definition) is 2. The molecule has 0 aromatic heterocycles. The molecule has 1 N–H and O–H groups in total. The number of sulfonamides is 1. The fraction of sp³-hybridized carbons (Fsp3) is 0.143. The van der Waals surface area contributed by atoms with Crippen LogP contribution in [0.25, 0.3) is 0 Å². The van der Waals surface area contributed by atoms with E-state index in [9.17, 15) is 21.6 Å². The first-order valence-electron chi connectivity index (χ1n) is 5.96. The minimum absolute atomic E-state index is 0.0122. The highest BCUT2D eigenvalue weighted by atomic mass is 32.2. The first-order chi connectivity index (χ1) is 9.72. The second-order valence-corrected chi connectivity index (χ2v) is 6.08. The molecule has 0 bridgehead atoms. The number of hydrogen-bond donors (Lipinski definition) is 1. The summed E-state index contributed by atoms with van der Waals surface area (Å²) in [4.78, 5) is -0.0122. The van der Waals surface area contributed by atoms with Gasteiger partial charge in [-0.3, -0.25) is 4.72 Å². The SMILES string of the molecule is Cc1c(NS(=O)(=O)c2ccccc2)cccc1C(F)(F)F. The summed E-state index contributed by atoms with van der Waals surface area (Å²) >= 11 is 0. The summed E-state index contributed by atoms with van der Waals surface area (Å²) in [7, 11) is -3.92. The van der Waals surface area contributed by atoms with E-state index >= 15 is 0 Å². The predicted molar refractivity (Wildman–Crippen MR) is 73.4 cm³/mol. The van der Waals surface area contributed by atoms with Crippen LogP contribution in [0.1, 0.15) is 11.1 Å². The lowest BCUT2D eigenvalue weighted by Gasteiger charge is -2.15. The van der Waals surface area contributed by atoms with Crippen molar-refractivity contribution in [1.82, 2.24) is 0 Å². The van der Waals surface area contributed by atoms with Crippen LogP contribution < -0.4 is 4.72 Å². The van der Waals surface area contributed by atoms with Crippen molar-refractivity contribution >= 4 is 15.7 Å². The molecule has 0 spiro atoms. The molecule has 0 aliphatic rings. The molecular weight excluding hydrogens is 303 g/mol. The van der Waals surface area contributed by atoms with Gasteiger partial charge in [0.25, 0.3) is 10.0 Å². The Bertz CT molecular complexity index is 741. The Hall–Kier alpha value is -2.02. The van der Waals surface area contributed by atoms with Crippen LogP contribution in [0.3, 0.4) is 0 Å². The molecule has 0 saturated carbocycles. The molecule has 21 heavy (non-hydrogen) atoms. The molecule has 0 amide bonds. The Morgan fingerprint density at radius 1 is 0.952 bits per heavy atom. The minimum Gasteiger partial charge on any atom is -0.279 e. The quantitative estimate of drug-likeness (QED) is 0.936. The van der Waals surface area contributed by atoms with Crippen molar-refractivity contribution in [1.29, 1.82) is 0 Å². The monoisotopic (exact) mass is 315 g/mol. The first-order valence-corrected chi connectivity index (χ1v) is 7.45. The number of alkyl halides is 3. The van der Waals surface area contributed by atoms with E-state index in [4.69, 9.17) is 0 Å². The summed E-state index contributed by atoms with van der Waals surface area (Å²) in [5.41, 5.74) is -1.12. The molecule has 0 aliphatic carbocycles. The van der Waals surface area contributed by atoms with Gasteiger partial charge >= 0.3 is 6.18 Å². The molecule has 2 aromatic rings. The molecule has 112 valence electrons. The third-order valence-electron chi connectivity index (χ3n) is 2.94. The van der Waals surface area contributed by atoms with E-state index in [1.54, 1.807) is 6.07 Å². The molecule has 0 unspecified atom stereocenters. The topological polar surface area (TPSA) is 46.2 Å². The molecule has 3 nitrogen and oxygen atoms in total. The number of rotatable bonds is 3. The van der Waals surface area contributed by atoms with Crippen LogP contribution in [0.4, 0.5) is 18.9 Å². The van der Waals surface area contributed by atoms with Crippen molar-refractivity contribution in [2.24, 2.45) is 0 Å². The Morgan fingerprint density at radius 2 is 1.57 bits per heavy atom. The summed E-state index contributed by atoms with van der Waals surface area (Å²) in [6, 6.07) is 10.8. The van der Waals surface area contributed by atoms with Crippen LogP contribution in [-0.4, -0.2) is 8.42 Å². The Morgan fingerprint density at radius 3 is 2.14 bits per heavy atom. The average Bonchev–Trinajstić information content (AvgIpc) is 2.41. The summed E-state index contributed by atoms with van der Waals surface area (Å²) in [6.07, 6.45) is -4.53. The van der Waals surface area contributed by atoms with Crippen LogP contribution in [0, 0.1) is 6.92 Å². The van der Waals surface area contributed by atoms with Crippen LogP contribution in [0.5, 0.6) is 0 Å². The van der Waals surface area contributed by atoms with Gasteiger partial charge in [0.2, 0.25) is 0 Å². The molecule has 0 fully saturated rings. The zero-order valence-electron chi connectivity index (χ0n) is 11.0. The van der Waals surface area contributed by atoms with Crippen LogP contribution in [-0.2, 0) is 16.2 Å². The summed E-state index contributed by atoms with van der Waals surface area (Å²) < 4.78 is 64.9. The maximum Gasteiger partial charge on any atom is 0.416 e. The highest BCUT2D eigenvalue weighted by molar-refractivity contribution is 7.92. The normalized spacial score (nSPS) is 12.2. The van der Waals surface area contributed by atoms with E-state index in [1.807, 2.05) is 0 Å². The molecule has 0 saturated heterocycles. The van der Waals surface area contributed by atoms with Gasteiger partial charge in [-0.1, -0.05) is 24.3 Å². The maximum atomic E-state index is 12.8. The summed E-state index contributed by atoms with van der Waals surface area (Å²) in [5, 5.41) is 0. The Labute approximate surface area is 120 Å². The van der Waals surface area contributed by atoms with Crippen molar-refractivity contribution in [3.63, 3.8) is 0 Å². The molecule has 0 atom stereocenters. The smallest absolute Gasteiger partial charge is 0.279 e. The largest absolute Gasteiger partial charge is 0.416 e. The Balaban J connectivity index is 2.42. The van der Waals surface area contributed by atoms with E-state index in [0.717, 1.165) is 6.07 Å². The number of nitrogens with one attached hydrogen (secondary N) is 1. The zero-order valence-corrected chi connectivity index (χ0v) is 11.8. The van der Waals surface area contributed by atoms with E-state index in [2.05, 4.69) is 4.72 Å². The van der Waals surface area contributed by atoms with E-state index in [-0.39, 0.29) is 16.1 Å². The molecule has 2 aromatic carbocycles. The maximum absolute atomic E-state index is 12.8. The van der Waals surface area contributed by atoms with Gasteiger partial charge in [-0.25, -0.2) is 8.42 Å². The van der Waals surface area contributed by atoms with Gasteiger partial charge in [-0.05, 0) is 36.8 Å². The van der Waals surface area contributed by atoms with E-state index < -0.39 is 21.8 Å². The third-order valence-corrected chi connectivity index (χ3v) is 4.32. The minimum atomic E-state index is -4.53. The van der Waals surface area contributed by atoms with Crippen molar-refractivity contribution in [3.05, 3.63) is 59.7 Å². The van der Waals surface area contributed by atoms with Gasteiger partial charge in [0, 0.05) is 0 Å². The van der Waals surface area contributed by atoms with Crippen molar-refractivity contribution in [3.8, 4) is 0 Å². The van der Waals surface area contributed by atoms with Gasteiger partial charge in [0.15, 0.2) is 0 Å². The fourth-order valence-corrected chi connectivity index (χ4v) is 3.00. The standard InChI is InChI=1S/C14H12F3NO2S/c1-10-12(14(15,16)17)8-5-9-13(10)18-21(19,20)11-6-3-2-4-7-11/h2-9,18H,1H3. The van der Waals surface area contributed by atoms with Crippen LogP contribution in [0.15, 0.2) is 53.4 Å². The van der Waals surface area contributed by atoms with Crippen molar-refractivity contribution in [2.45, 2.75) is 18.0 Å². The summed E-state index contributed by atoms with van der Waals surface area (Å²) in [5.74, 6) is 0. The van der Waals surface area contributed by atoms with Gasteiger partial charge in [-0.2, -0.15) is 13.2 Å². The second-order valence-electron chi connectivity index (χ2n) is 4.39. The van der Waals surface area contributed by atoms with E-state index in [1.165, 1.54) is 43.3 Å². The van der Waals surface area contributed by atoms with Crippen molar-refractivity contribution in [2.75, 3.05) is 4.72 Å². The number of halogens is 3. The van der Waals surface area contributed by atoms with Gasteiger partial charge in [0.1, 0.15) is 0 Å². The molecule has 7 heteroatoms. The first kappa shape index (κ1) is 15.4. The van der Waals surface area contributed by atoms with Gasteiger partial charge in [0.05, 0.1) is 16.1 Å². The molecule has 0 aliphatic heterocycles. The number of anilines is 1. The highest BCUT2D eigenvalue weighted by Gasteiger charge is 2.33. The highest BCUT2D eigenvalue weighted by Crippen LogP contribution is 2.35. The lowest BCUT2D eigenvalue weighted by Crippen LogP contribution is -2.15. The predicted octanol–water partition coefficient (Wildman–Crippen LogP) is 3.81. The lowest BCUT2D eigenvalue weighted by atomic mass is 10.1. The van der Waals surface area contributed by atoms with Crippen molar-refractivity contribution < 1.29 is 21.6 Å².